The molecule has 0 heterocycles. The lowest BCUT2D eigenvalue weighted by Crippen LogP contribution is -1.94. The predicted octanol–water partition coefficient (Wildman–Crippen LogP) is 11.0. The summed E-state index contributed by atoms with van der Waals surface area (Å²) in [6.07, 6.45) is 4.51. The van der Waals surface area contributed by atoms with Crippen LogP contribution in [0.5, 0.6) is 0 Å². The highest BCUT2D eigenvalue weighted by Crippen LogP contribution is 2.31. The molecule has 0 saturated heterocycles. The summed E-state index contributed by atoms with van der Waals surface area (Å²) in [5.74, 6) is -0.957. The van der Waals surface area contributed by atoms with Crippen LogP contribution in [0, 0.1) is 53.7 Å². The summed E-state index contributed by atoms with van der Waals surface area (Å²) >= 11 is 0. The van der Waals surface area contributed by atoms with Crippen LogP contribution in [0.25, 0.3) is 33.4 Å². The van der Waals surface area contributed by atoms with Crippen molar-refractivity contribution in [2.75, 3.05) is 0 Å². The zero-order valence-corrected chi connectivity index (χ0v) is 24.2. The molecule has 0 aliphatic carbocycles. The minimum absolute atomic E-state index is 0.0700. The Morgan fingerprint density at radius 1 is 0.523 bits per heavy atom. The van der Waals surface area contributed by atoms with Crippen LogP contribution in [-0.2, 0) is 6.42 Å². The van der Waals surface area contributed by atoms with E-state index in [0.717, 1.165) is 30.0 Å². The van der Waals surface area contributed by atoms with E-state index in [2.05, 4.69) is 30.9 Å². The van der Waals surface area contributed by atoms with Gasteiger partial charge in [-0.05, 0) is 95.6 Å². The number of unbranched alkanes of at least 4 members (excludes halogenated alkanes) is 2. The Morgan fingerprint density at radius 3 is 1.75 bits per heavy atom. The standard InChI is InChI=1S/C38H28F6/c1-3-4-5-6-24-7-11-26(12-8-24)28-17-23(2)30(34(40)20-28)14-9-25-10-15-31(33(39)18-25)27-13-16-32(35(41)19-27)29-21-36(42)38(44)37(43)22-29/h7-8,10-13,15-22H,3-6H2,1-2H3. The first-order chi connectivity index (χ1) is 21.1. The van der Waals surface area contributed by atoms with Crippen LogP contribution >= 0.6 is 0 Å². The summed E-state index contributed by atoms with van der Waals surface area (Å²) in [6, 6.07) is 20.6. The van der Waals surface area contributed by atoms with Gasteiger partial charge in [-0.25, -0.2) is 26.3 Å². The van der Waals surface area contributed by atoms with Gasteiger partial charge in [0.25, 0.3) is 0 Å². The first-order valence-corrected chi connectivity index (χ1v) is 14.3. The Balaban J connectivity index is 1.35. The summed E-state index contributed by atoms with van der Waals surface area (Å²) in [6.45, 7) is 3.94. The average Bonchev–Trinajstić information content (AvgIpc) is 2.99. The zero-order valence-electron chi connectivity index (χ0n) is 24.2. The smallest absolute Gasteiger partial charge is 0.194 e. The highest BCUT2D eigenvalue weighted by Gasteiger charge is 2.16. The molecule has 0 aliphatic heterocycles. The van der Waals surface area contributed by atoms with E-state index in [1.54, 1.807) is 6.92 Å². The van der Waals surface area contributed by atoms with Gasteiger partial charge in [0, 0.05) is 16.7 Å². The van der Waals surface area contributed by atoms with Crippen molar-refractivity contribution in [2.45, 2.75) is 39.5 Å². The molecule has 0 saturated carbocycles. The molecule has 0 aromatic heterocycles. The highest BCUT2D eigenvalue weighted by atomic mass is 19.2. The van der Waals surface area contributed by atoms with Crippen molar-refractivity contribution in [1.82, 2.24) is 0 Å². The Bertz CT molecular complexity index is 1850. The maximum Gasteiger partial charge on any atom is 0.194 e. The molecule has 6 heteroatoms. The molecule has 0 fully saturated rings. The lowest BCUT2D eigenvalue weighted by molar-refractivity contribution is 0.447. The van der Waals surface area contributed by atoms with Crippen molar-refractivity contribution in [3.8, 4) is 45.2 Å². The summed E-state index contributed by atoms with van der Waals surface area (Å²) in [5.41, 5.74) is 3.94. The molecule has 0 atom stereocenters. The second-order valence-electron chi connectivity index (χ2n) is 10.7. The molecular formula is C38H28F6. The van der Waals surface area contributed by atoms with Gasteiger partial charge in [-0.15, -0.1) is 0 Å². The van der Waals surface area contributed by atoms with Crippen molar-refractivity contribution in [1.29, 1.82) is 0 Å². The summed E-state index contributed by atoms with van der Waals surface area (Å²) in [5, 5.41) is 0. The molecule has 0 radical (unpaired) electrons. The van der Waals surface area contributed by atoms with Crippen LogP contribution in [-0.4, -0.2) is 0 Å². The van der Waals surface area contributed by atoms with Crippen molar-refractivity contribution in [3.63, 3.8) is 0 Å². The molecule has 5 rings (SSSR count). The highest BCUT2D eigenvalue weighted by molar-refractivity contribution is 5.72. The molecule has 0 aliphatic rings. The van der Waals surface area contributed by atoms with Crippen LogP contribution in [0.3, 0.4) is 0 Å². The molecule has 0 N–H and O–H groups in total. The van der Waals surface area contributed by atoms with Gasteiger partial charge in [-0.1, -0.05) is 74.1 Å². The average molecular weight is 599 g/mol. The van der Waals surface area contributed by atoms with Crippen molar-refractivity contribution >= 4 is 0 Å². The van der Waals surface area contributed by atoms with Crippen LogP contribution in [0.15, 0.2) is 84.9 Å². The van der Waals surface area contributed by atoms with E-state index in [4.69, 9.17) is 0 Å². The van der Waals surface area contributed by atoms with Crippen LogP contribution < -0.4 is 0 Å². The van der Waals surface area contributed by atoms with E-state index in [1.807, 2.05) is 18.2 Å². The number of halogens is 6. The van der Waals surface area contributed by atoms with Gasteiger partial charge >= 0.3 is 0 Å². The molecule has 0 bridgehead atoms. The third kappa shape index (κ3) is 6.73. The fourth-order valence-corrected chi connectivity index (χ4v) is 5.10. The SMILES string of the molecule is CCCCCc1ccc(-c2cc(C)c(C#Cc3ccc(-c4ccc(-c5cc(F)c(F)c(F)c5)c(F)c4)c(F)c3)c(F)c2)cc1. The van der Waals surface area contributed by atoms with Crippen molar-refractivity contribution in [3.05, 3.63) is 142 Å². The molecule has 0 unspecified atom stereocenters. The minimum Gasteiger partial charge on any atom is -0.206 e. The monoisotopic (exact) mass is 598 g/mol. The Morgan fingerprint density at radius 2 is 1.11 bits per heavy atom. The first-order valence-electron chi connectivity index (χ1n) is 14.3. The zero-order chi connectivity index (χ0) is 31.4. The van der Waals surface area contributed by atoms with Gasteiger partial charge in [-0.2, -0.15) is 0 Å². The maximum atomic E-state index is 15.1. The topological polar surface area (TPSA) is 0 Å². The van der Waals surface area contributed by atoms with E-state index in [0.29, 0.717) is 23.3 Å². The van der Waals surface area contributed by atoms with Crippen LogP contribution in [0.2, 0.25) is 0 Å². The first kappa shape index (κ1) is 30.7. The molecule has 5 aromatic carbocycles. The molecule has 0 amide bonds. The fraction of sp³-hybridized carbons (Fsp3) is 0.158. The molecule has 222 valence electrons. The number of aryl methyl sites for hydroxylation is 2. The number of hydrogen-bond donors (Lipinski definition) is 0. The lowest BCUT2D eigenvalue weighted by Gasteiger charge is -2.09. The van der Waals surface area contributed by atoms with Gasteiger partial charge in [-0.3, -0.25) is 0 Å². The van der Waals surface area contributed by atoms with Crippen LogP contribution in [0.1, 0.15) is 48.4 Å². The molecule has 5 aromatic rings. The second-order valence-corrected chi connectivity index (χ2v) is 10.7. The normalized spacial score (nSPS) is 10.9. The largest absolute Gasteiger partial charge is 0.206 e. The number of rotatable bonds is 7. The van der Waals surface area contributed by atoms with Gasteiger partial charge < -0.3 is 0 Å². The molecule has 0 nitrogen and oxygen atoms in total. The van der Waals surface area contributed by atoms with Crippen molar-refractivity contribution in [2.24, 2.45) is 0 Å². The van der Waals surface area contributed by atoms with Gasteiger partial charge in [0.1, 0.15) is 17.5 Å². The maximum absolute atomic E-state index is 15.1. The molecular weight excluding hydrogens is 570 g/mol. The van der Waals surface area contributed by atoms with Gasteiger partial charge in [0.05, 0.1) is 5.56 Å². The van der Waals surface area contributed by atoms with Crippen LogP contribution in [0.4, 0.5) is 26.3 Å². The van der Waals surface area contributed by atoms with Crippen molar-refractivity contribution < 1.29 is 26.3 Å². The fourth-order valence-electron chi connectivity index (χ4n) is 5.10. The van der Waals surface area contributed by atoms with E-state index < -0.39 is 34.9 Å². The minimum atomic E-state index is -1.65. The van der Waals surface area contributed by atoms with E-state index >= 15 is 8.78 Å². The van der Waals surface area contributed by atoms with Gasteiger partial charge in [0.2, 0.25) is 0 Å². The predicted molar refractivity (Wildman–Crippen MR) is 163 cm³/mol. The molecule has 0 spiro atoms. The summed E-state index contributed by atoms with van der Waals surface area (Å²) < 4.78 is 85.6. The third-order valence-electron chi connectivity index (χ3n) is 7.52. The lowest BCUT2D eigenvalue weighted by atomic mass is 9.97. The second kappa shape index (κ2) is 13.3. The quantitative estimate of drug-likeness (QED) is 0.0757. The number of hydrogen-bond acceptors (Lipinski definition) is 0. The molecule has 44 heavy (non-hydrogen) atoms. The number of benzene rings is 5. The van der Waals surface area contributed by atoms with Gasteiger partial charge in [0.15, 0.2) is 17.5 Å². The van der Waals surface area contributed by atoms with E-state index in [-0.39, 0.29) is 27.8 Å². The Hall–Kier alpha value is -4.76. The van der Waals surface area contributed by atoms with E-state index in [9.17, 15) is 17.6 Å². The summed E-state index contributed by atoms with van der Waals surface area (Å²) in [7, 11) is 0. The summed E-state index contributed by atoms with van der Waals surface area (Å²) in [4.78, 5) is 0. The Labute approximate surface area is 253 Å². The van der Waals surface area contributed by atoms with E-state index in [1.165, 1.54) is 54.8 Å². The third-order valence-corrected chi connectivity index (χ3v) is 7.52. The Kier molecular flexibility index (Phi) is 9.25.